The predicted molar refractivity (Wildman–Crippen MR) is 76.5 cm³/mol. The van der Waals surface area contributed by atoms with E-state index in [-0.39, 0.29) is 6.09 Å². The van der Waals surface area contributed by atoms with E-state index in [1.54, 1.807) is 11.1 Å². The largest absolute Gasteiger partial charge is 0.444 e. The van der Waals surface area contributed by atoms with Crippen LogP contribution in [-0.4, -0.2) is 52.2 Å². The minimum Gasteiger partial charge on any atom is -0.444 e. The second-order valence-electron chi connectivity index (χ2n) is 6.15. The van der Waals surface area contributed by atoms with Gasteiger partial charge in [0.05, 0.1) is 0 Å². The summed E-state index contributed by atoms with van der Waals surface area (Å²) in [5.41, 5.74) is -0.429. The van der Waals surface area contributed by atoms with Crippen molar-refractivity contribution in [1.82, 2.24) is 20.2 Å². The summed E-state index contributed by atoms with van der Waals surface area (Å²) in [4.78, 5) is 21.0. The molecule has 1 aromatic heterocycles. The SMILES string of the molecule is CC(C)(C)OC(=O)N1CCC(NCCc2ncc[nH]2)C1. The fraction of sp³-hybridized carbons (Fsp3) is 0.714. The van der Waals surface area contributed by atoms with Crippen LogP contribution in [0.15, 0.2) is 12.4 Å². The summed E-state index contributed by atoms with van der Waals surface area (Å²) < 4.78 is 5.38. The molecule has 0 aliphatic carbocycles. The standard InChI is InChI=1S/C14H24N4O2/c1-14(2,3)20-13(19)18-9-5-11(10-18)15-6-4-12-16-7-8-17-12/h7-8,11,15H,4-6,9-10H2,1-3H3,(H,16,17). The van der Waals surface area contributed by atoms with Crippen LogP contribution in [-0.2, 0) is 11.2 Å². The third-order valence-electron chi connectivity index (χ3n) is 3.19. The Kier molecular flexibility index (Phi) is 4.65. The van der Waals surface area contributed by atoms with E-state index in [4.69, 9.17) is 4.74 Å². The van der Waals surface area contributed by atoms with Crippen molar-refractivity contribution in [2.24, 2.45) is 0 Å². The zero-order valence-corrected chi connectivity index (χ0v) is 12.5. The Morgan fingerprint density at radius 2 is 2.40 bits per heavy atom. The quantitative estimate of drug-likeness (QED) is 0.878. The van der Waals surface area contributed by atoms with E-state index >= 15 is 0 Å². The first-order chi connectivity index (χ1) is 9.44. The maximum absolute atomic E-state index is 11.9. The third-order valence-corrected chi connectivity index (χ3v) is 3.19. The molecule has 1 aliphatic rings. The lowest BCUT2D eigenvalue weighted by Crippen LogP contribution is -2.38. The van der Waals surface area contributed by atoms with Gasteiger partial charge in [0.15, 0.2) is 0 Å². The molecule has 0 radical (unpaired) electrons. The van der Waals surface area contributed by atoms with Crippen molar-refractivity contribution in [3.8, 4) is 0 Å². The number of hydrogen-bond acceptors (Lipinski definition) is 4. The van der Waals surface area contributed by atoms with Gasteiger partial charge in [-0.1, -0.05) is 0 Å². The lowest BCUT2D eigenvalue weighted by atomic mass is 10.2. The molecule has 2 N–H and O–H groups in total. The highest BCUT2D eigenvalue weighted by Crippen LogP contribution is 2.15. The van der Waals surface area contributed by atoms with E-state index < -0.39 is 5.60 Å². The zero-order chi connectivity index (χ0) is 14.6. The van der Waals surface area contributed by atoms with E-state index in [9.17, 15) is 4.79 Å². The van der Waals surface area contributed by atoms with E-state index in [0.29, 0.717) is 12.6 Å². The van der Waals surface area contributed by atoms with Crippen LogP contribution >= 0.6 is 0 Å². The molecule has 20 heavy (non-hydrogen) atoms. The summed E-state index contributed by atoms with van der Waals surface area (Å²) >= 11 is 0. The summed E-state index contributed by atoms with van der Waals surface area (Å²) in [6.07, 6.45) is 5.21. The number of imidazole rings is 1. The first kappa shape index (κ1) is 14.8. The number of amides is 1. The Morgan fingerprint density at radius 3 is 3.05 bits per heavy atom. The van der Waals surface area contributed by atoms with E-state index in [2.05, 4.69) is 15.3 Å². The molecule has 1 fully saturated rings. The third kappa shape index (κ3) is 4.52. The van der Waals surface area contributed by atoms with Crippen LogP contribution in [0.4, 0.5) is 4.79 Å². The maximum Gasteiger partial charge on any atom is 0.410 e. The van der Waals surface area contributed by atoms with Gasteiger partial charge < -0.3 is 19.9 Å². The molecule has 1 saturated heterocycles. The normalized spacial score (nSPS) is 19.4. The minimum absolute atomic E-state index is 0.215. The van der Waals surface area contributed by atoms with Gasteiger partial charge in [0.1, 0.15) is 11.4 Å². The summed E-state index contributed by atoms with van der Waals surface area (Å²) in [5, 5.41) is 3.46. The molecule has 2 heterocycles. The highest BCUT2D eigenvalue weighted by molar-refractivity contribution is 5.68. The van der Waals surface area contributed by atoms with Crippen molar-refractivity contribution in [2.75, 3.05) is 19.6 Å². The second-order valence-corrected chi connectivity index (χ2v) is 6.15. The number of aromatic amines is 1. The molecule has 0 saturated carbocycles. The Bertz CT molecular complexity index is 425. The van der Waals surface area contributed by atoms with Gasteiger partial charge in [0, 0.05) is 44.5 Å². The average Bonchev–Trinajstić information content (AvgIpc) is 2.97. The average molecular weight is 280 g/mol. The van der Waals surface area contributed by atoms with Crippen molar-refractivity contribution >= 4 is 6.09 Å². The number of rotatable bonds is 4. The van der Waals surface area contributed by atoms with Gasteiger partial charge in [-0.05, 0) is 27.2 Å². The molecular weight excluding hydrogens is 256 g/mol. The number of carbonyl (C=O) groups excluding carboxylic acids is 1. The van der Waals surface area contributed by atoms with Crippen LogP contribution in [0.25, 0.3) is 0 Å². The minimum atomic E-state index is -0.429. The first-order valence-corrected chi connectivity index (χ1v) is 7.13. The Hall–Kier alpha value is -1.56. The van der Waals surface area contributed by atoms with Gasteiger partial charge in [0.25, 0.3) is 0 Å². The van der Waals surface area contributed by atoms with E-state index in [0.717, 1.165) is 31.8 Å². The smallest absolute Gasteiger partial charge is 0.410 e. The topological polar surface area (TPSA) is 70.2 Å². The summed E-state index contributed by atoms with van der Waals surface area (Å²) in [6.45, 7) is 8.00. The number of hydrogen-bond donors (Lipinski definition) is 2. The fourth-order valence-corrected chi connectivity index (χ4v) is 2.25. The highest BCUT2D eigenvalue weighted by atomic mass is 16.6. The van der Waals surface area contributed by atoms with Gasteiger partial charge in [0.2, 0.25) is 0 Å². The predicted octanol–water partition coefficient (Wildman–Crippen LogP) is 1.55. The lowest BCUT2D eigenvalue weighted by molar-refractivity contribution is 0.0291. The van der Waals surface area contributed by atoms with Crippen molar-refractivity contribution < 1.29 is 9.53 Å². The number of likely N-dealkylation sites (tertiary alicyclic amines) is 1. The lowest BCUT2D eigenvalue weighted by Gasteiger charge is -2.24. The number of H-pyrrole nitrogens is 1. The maximum atomic E-state index is 11.9. The molecule has 1 unspecified atom stereocenters. The van der Waals surface area contributed by atoms with Crippen LogP contribution in [0.1, 0.15) is 33.0 Å². The number of aromatic nitrogens is 2. The summed E-state index contributed by atoms with van der Waals surface area (Å²) in [5.74, 6) is 0.986. The van der Waals surface area contributed by atoms with Crippen molar-refractivity contribution in [3.05, 3.63) is 18.2 Å². The number of nitrogens with one attached hydrogen (secondary N) is 2. The highest BCUT2D eigenvalue weighted by Gasteiger charge is 2.29. The van der Waals surface area contributed by atoms with Crippen LogP contribution in [0.5, 0.6) is 0 Å². The molecule has 6 nitrogen and oxygen atoms in total. The number of ether oxygens (including phenoxy) is 1. The van der Waals surface area contributed by atoms with Crippen molar-refractivity contribution in [1.29, 1.82) is 0 Å². The van der Waals surface area contributed by atoms with Crippen molar-refractivity contribution in [3.63, 3.8) is 0 Å². The van der Waals surface area contributed by atoms with Crippen LogP contribution in [0.2, 0.25) is 0 Å². The van der Waals surface area contributed by atoms with Crippen molar-refractivity contribution in [2.45, 2.75) is 45.3 Å². The molecular formula is C14H24N4O2. The van der Waals surface area contributed by atoms with Gasteiger partial charge in [-0.25, -0.2) is 9.78 Å². The molecule has 0 aromatic carbocycles. The van der Waals surface area contributed by atoms with Gasteiger partial charge in [-0.3, -0.25) is 0 Å². The molecule has 1 aromatic rings. The van der Waals surface area contributed by atoms with E-state index in [1.807, 2.05) is 27.0 Å². The number of carbonyl (C=O) groups is 1. The summed E-state index contributed by atoms with van der Waals surface area (Å²) in [6, 6.07) is 0.345. The Labute approximate surface area is 119 Å². The molecule has 0 spiro atoms. The Balaban J connectivity index is 1.68. The molecule has 112 valence electrons. The molecule has 1 atom stereocenters. The van der Waals surface area contributed by atoms with Gasteiger partial charge in [-0.2, -0.15) is 0 Å². The van der Waals surface area contributed by atoms with Crippen LogP contribution in [0.3, 0.4) is 0 Å². The van der Waals surface area contributed by atoms with Crippen LogP contribution in [0, 0.1) is 0 Å². The first-order valence-electron chi connectivity index (χ1n) is 7.13. The molecule has 2 rings (SSSR count). The van der Waals surface area contributed by atoms with Gasteiger partial charge >= 0.3 is 6.09 Å². The molecule has 6 heteroatoms. The zero-order valence-electron chi connectivity index (χ0n) is 12.5. The second kappa shape index (κ2) is 6.26. The summed E-state index contributed by atoms with van der Waals surface area (Å²) in [7, 11) is 0. The van der Waals surface area contributed by atoms with E-state index in [1.165, 1.54) is 0 Å². The fourth-order valence-electron chi connectivity index (χ4n) is 2.25. The van der Waals surface area contributed by atoms with Gasteiger partial charge in [-0.15, -0.1) is 0 Å². The number of nitrogens with zero attached hydrogens (tertiary/aromatic N) is 2. The molecule has 0 bridgehead atoms. The van der Waals surface area contributed by atoms with Crippen LogP contribution < -0.4 is 5.32 Å². The monoisotopic (exact) mass is 280 g/mol. The molecule has 1 aliphatic heterocycles. The Morgan fingerprint density at radius 1 is 1.60 bits per heavy atom. The molecule has 1 amide bonds.